The lowest BCUT2D eigenvalue weighted by molar-refractivity contribution is -0.0361. The molecule has 1 heterocycles. The average molecular weight is 349 g/mol. The molecule has 3 rings (SSSR count). The van der Waals surface area contributed by atoms with Crippen molar-refractivity contribution in [3.63, 3.8) is 0 Å². The van der Waals surface area contributed by atoms with Gasteiger partial charge >= 0.3 is 5.51 Å². The molecule has 0 N–H and O–H groups in total. The Morgan fingerprint density at radius 3 is 2.32 bits per heavy atom. The van der Waals surface area contributed by atoms with E-state index in [1.54, 1.807) is 18.2 Å². The van der Waals surface area contributed by atoms with Crippen molar-refractivity contribution in [2.75, 3.05) is 0 Å². The van der Waals surface area contributed by atoms with Crippen LogP contribution in [0, 0.1) is 12.8 Å². The van der Waals surface area contributed by atoms with Gasteiger partial charge in [-0.25, -0.2) is 0 Å². The van der Waals surface area contributed by atoms with Crippen molar-refractivity contribution in [3.05, 3.63) is 34.2 Å². The topological polar surface area (TPSA) is 0 Å². The highest BCUT2D eigenvalue weighted by atomic mass is 35.7. The van der Waals surface area contributed by atoms with Crippen LogP contribution in [-0.4, -0.2) is 5.51 Å². The second-order valence-corrected chi connectivity index (χ2v) is 10.1. The fourth-order valence-corrected chi connectivity index (χ4v) is 7.00. The van der Waals surface area contributed by atoms with Gasteiger partial charge in [-0.05, 0) is 73.8 Å². The Labute approximate surface area is 135 Å². The molecule has 22 heavy (non-hydrogen) atoms. The Kier molecular flexibility index (Phi) is 4.28. The highest BCUT2D eigenvalue weighted by molar-refractivity contribution is 8.54. The van der Waals surface area contributed by atoms with E-state index in [0.29, 0.717) is 15.4 Å². The number of hydrogen-bond acceptors (Lipinski definition) is 0. The fourth-order valence-electron chi connectivity index (χ4n) is 3.54. The van der Waals surface area contributed by atoms with Crippen molar-refractivity contribution in [2.24, 2.45) is 5.92 Å². The first-order valence-electron chi connectivity index (χ1n) is 7.75. The van der Waals surface area contributed by atoms with Gasteiger partial charge in [0, 0.05) is 4.90 Å². The SMILES string of the molecule is Cc1ccc2c(c1)S(Cl)(C(F)(F)F)C(C1CCCCCC1)=C2. The smallest absolute Gasteiger partial charge is 0.160 e. The molecule has 0 radical (unpaired) electrons. The first-order chi connectivity index (χ1) is 10.3. The molecule has 2 aliphatic rings. The average Bonchev–Trinajstić information content (AvgIpc) is 2.64. The molecular weight excluding hydrogens is 329 g/mol. The summed E-state index contributed by atoms with van der Waals surface area (Å²) in [5.41, 5.74) is -2.91. The quantitative estimate of drug-likeness (QED) is 0.472. The van der Waals surface area contributed by atoms with Gasteiger partial charge in [-0.3, -0.25) is 0 Å². The number of allylic oxidation sites excluding steroid dienone is 1. The lowest BCUT2D eigenvalue weighted by Gasteiger charge is -2.37. The van der Waals surface area contributed by atoms with Crippen molar-refractivity contribution in [1.82, 2.24) is 0 Å². The van der Waals surface area contributed by atoms with Crippen LogP contribution < -0.4 is 0 Å². The van der Waals surface area contributed by atoms with E-state index in [4.69, 9.17) is 10.7 Å². The number of benzene rings is 1. The summed E-state index contributed by atoms with van der Waals surface area (Å²) in [6, 6.07) is 5.27. The second kappa shape index (κ2) is 5.79. The van der Waals surface area contributed by atoms with E-state index in [9.17, 15) is 13.2 Å². The molecule has 0 amide bonds. The number of alkyl halides is 3. The lowest BCUT2D eigenvalue weighted by atomic mass is 9.98. The number of hydrogen-bond donors (Lipinski definition) is 0. The normalized spacial score (nSPS) is 29.4. The van der Waals surface area contributed by atoms with Gasteiger partial charge in [-0.2, -0.15) is 13.2 Å². The maximum absolute atomic E-state index is 13.9. The molecule has 1 aromatic carbocycles. The monoisotopic (exact) mass is 348 g/mol. The molecule has 0 saturated heterocycles. The van der Waals surface area contributed by atoms with Gasteiger partial charge in [0.25, 0.3) is 0 Å². The zero-order chi connectivity index (χ0) is 16.0. The van der Waals surface area contributed by atoms with E-state index < -0.39 is 14.7 Å². The van der Waals surface area contributed by atoms with E-state index in [0.717, 1.165) is 44.1 Å². The first kappa shape index (κ1) is 16.3. The van der Waals surface area contributed by atoms with Crippen LogP contribution in [0.2, 0.25) is 0 Å². The van der Waals surface area contributed by atoms with Gasteiger partial charge in [-0.1, -0.05) is 37.8 Å². The minimum absolute atomic E-state index is 0.0238. The molecule has 0 nitrogen and oxygen atoms in total. The van der Waals surface area contributed by atoms with Crippen molar-refractivity contribution >= 4 is 26.0 Å². The van der Waals surface area contributed by atoms with Gasteiger partial charge in [0.2, 0.25) is 0 Å². The molecule has 1 fully saturated rings. The maximum atomic E-state index is 13.9. The van der Waals surface area contributed by atoms with Crippen LogP contribution in [0.25, 0.3) is 6.08 Å². The van der Waals surface area contributed by atoms with E-state index in [1.165, 1.54) is 0 Å². The molecule has 1 saturated carbocycles. The summed E-state index contributed by atoms with van der Waals surface area (Å²) in [5.74, 6) is -0.0238. The van der Waals surface area contributed by atoms with Crippen LogP contribution >= 0.6 is 19.9 Å². The summed E-state index contributed by atoms with van der Waals surface area (Å²) >= 11 is 0. The second-order valence-electron chi connectivity index (χ2n) is 6.26. The summed E-state index contributed by atoms with van der Waals surface area (Å²) in [4.78, 5) is 0.741. The number of fused-ring (bicyclic) bond motifs is 1. The zero-order valence-electron chi connectivity index (χ0n) is 12.5. The Hall–Kier alpha value is -0.610. The maximum Gasteiger partial charge on any atom is 0.445 e. The third-order valence-electron chi connectivity index (χ3n) is 4.67. The van der Waals surface area contributed by atoms with Crippen LogP contribution in [0.3, 0.4) is 0 Å². The standard InChI is InChI=1S/C17H20ClF3S/c1-12-8-9-14-11-16(13-6-4-2-3-5-7-13)22(18,15(14)10-12)17(19,20)21/h8-11,13H,2-7H2,1H3. The highest BCUT2D eigenvalue weighted by Gasteiger charge is 2.57. The molecule has 1 atom stereocenters. The Morgan fingerprint density at radius 2 is 1.73 bits per heavy atom. The molecule has 1 unspecified atom stereocenters. The van der Waals surface area contributed by atoms with Crippen molar-refractivity contribution in [2.45, 2.75) is 55.9 Å². The minimum Gasteiger partial charge on any atom is -0.160 e. The van der Waals surface area contributed by atoms with Crippen molar-refractivity contribution in [1.29, 1.82) is 0 Å². The van der Waals surface area contributed by atoms with Gasteiger partial charge in [0.15, 0.2) is 0 Å². The predicted octanol–water partition coefficient (Wildman–Crippen LogP) is 7.16. The minimum atomic E-state index is -4.40. The van der Waals surface area contributed by atoms with Gasteiger partial charge in [0.05, 0.1) is 0 Å². The molecule has 1 aliphatic carbocycles. The lowest BCUT2D eigenvalue weighted by Crippen LogP contribution is -2.20. The number of aryl methyl sites for hydroxylation is 1. The van der Waals surface area contributed by atoms with E-state index in [-0.39, 0.29) is 5.92 Å². The summed E-state index contributed by atoms with van der Waals surface area (Å²) < 4.78 is 41.8. The van der Waals surface area contributed by atoms with E-state index in [2.05, 4.69) is 0 Å². The first-order valence-corrected chi connectivity index (χ1v) is 10.2. The van der Waals surface area contributed by atoms with E-state index >= 15 is 0 Å². The third kappa shape index (κ3) is 2.58. The van der Waals surface area contributed by atoms with Crippen molar-refractivity contribution in [3.8, 4) is 0 Å². The predicted molar refractivity (Wildman–Crippen MR) is 88.1 cm³/mol. The van der Waals surface area contributed by atoms with Crippen LogP contribution in [0.1, 0.15) is 49.7 Å². The Bertz CT molecular complexity index is 600. The summed E-state index contributed by atoms with van der Waals surface area (Å²) in [7, 11) is 2.97. The van der Waals surface area contributed by atoms with Crippen LogP contribution in [0.5, 0.6) is 0 Å². The van der Waals surface area contributed by atoms with Gasteiger partial charge in [-0.15, -0.1) is 0 Å². The fraction of sp³-hybridized carbons (Fsp3) is 0.529. The molecule has 0 bridgehead atoms. The molecular formula is C17H20ClF3S. The Morgan fingerprint density at radius 1 is 1.09 bits per heavy atom. The van der Waals surface area contributed by atoms with Crippen molar-refractivity contribution < 1.29 is 13.2 Å². The van der Waals surface area contributed by atoms with Crippen LogP contribution in [-0.2, 0) is 0 Å². The molecule has 122 valence electrons. The molecule has 0 aromatic heterocycles. The van der Waals surface area contributed by atoms with Crippen LogP contribution in [0.4, 0.5) is 13.2 Å². The molecule has 1 aliphatic heterocycles. The summed E-state index contributed by atoms with van der Waals surface area (Å²) in [6.45, 7) is 1.82. The van der Waals surface area contributed by atoms with Crippen LogP contribution in [0.15, 0.2) is 28.0 Å². The highest BCUT2D eigenvalue weighted by Crippen LogP contribution is 2.81. The summed E-state index contributed by atoms with van der Waals surface area (Å²) in [6.07, 6.45) is 7.63. The molecule has 1 aromatic rings. The zero-order valence-corrected chi connectivity index (χ0v) is 14.1. The molecule has 5 heteroatoms. The van der Waals surface area contributed by atoms with Gasteiger partial charge < -0.3 is 0 Å². The largest absolute Gasteiger partial charge is 0.445 e. The van der Waals surface area contributed by atoms with E-state index in [1.807, 2.05) is 13.0 Å². The van der Waals surface area contributed by atoms with Gasteiger partial charge in [0.1, 0.15) is 0 Å². The summed E-state index contributed by atoms with van der Waals surface area (Å²) in [5, 5.41) is 0. The number of halogens is 4. The number of rotatable bonds is 1. The molecule has 0 spiro atoms. The Balaban J connectivity index is 2.09. The third-order valence-corrected chi connectivity index (χ3v) is 8.93.